The van der Waals surface area contributed by atoms with Gasteiger partial charge >= 0.3 is 0 Å². The molecule has 7 nitrogen and oxygen atoms in total. The highest BCUT2D eigenvalue weighted by atomic mass is 19.1. The summed E-state index contributed by atoms with van der Waals surface area (Å²) in [5, 5.41) is 4.16. The molecule has 0 bridgehead atoms. The second-order valence-corrected chi connectivity index (χ2v) is 9.81. The van der Waals surface area contributed by atoms with Gasteiger partial charge < -0.3 is 4.74 Å². The Balaban J connectivity index is 1.16. The van der Waals surface area contributed by atoms with E-state index in [9.17, 15) is 9.18 Å². The van der Waals surface area contributed by atoms with Crippen molar-refractivity contribution in [3.8, 4) is 5.75 Å². The van der Waals surface area contributed by atoms with E-state index in [2.05, 4.69) is 15.0 Å². The molecular weight excluding hydrogens is 469 g/mol. The SMILES string of the molecule is COc1cccc(F)c1CN1CCC[C@@H](CC(=O)c2ccc3c(c2)C(c2ccn4ncnc4c2)=NC3)C1. The number of methoxy groups -OCH3 is 1. The number of pyridine rings is 1. The van der Waals surface area contributed by atoms with Gasteiger partial charge in [-0.25, -0.2) is 13.9 Å². The van der Waals surface area contributed by atoms with Crippen molar-refractivity contribution < 1.29 is 13.9 Å². The van der Waals surface area contributed by atoms with E-state index in [0.717, 1.165) is 54.0 Å². The summed E-state index contributed by atoms with van der Waals surface area (Å²) in [4.78, 5) is 24.6. The zero-order valence-electron chi connectivity index (χ0n) is 20.7. The van der Waals surface area contributed by atoms with Gasteiger partial charge in [0.25, 0.3) is 0 Å². The van der Waals surface area contributed by atoms with Crippen LogP contribution in [0, 0.1) is 11.7 Å². The minimum atomic E-state index is -0.253. The van der Waals surface area contributed by atoms with Crippen LogP contribution in [0.1, 0.15) is 51.9 Å². The summed E-state index contributed by atoms with van der Waals surface area (Å²) in [5.74, 6) is 0.682. The third-order valence-corrected chi connectivity index (χ3v) is 7.40. The molecule has 2 aliphatic rings. The highest BCUT2D eigenvalue weighted by Crippen LogP contribution is 2.29. The van der Waals surface area contributed by atoms with E-state index in [0.29, 0.717) is 36.4 Å². The Labute approximate surface area is 214 Å². The Kier molecular flexibility index (Phi) is 6.26. The summed E-state index contributed by atoms with van der Waals surface area (Å²) in [6, 6.07) is 14.8. The molecule has 1 saturated heterocycles. The molecule has 1 atom stereocenters. The Morgan fingerprint density at radius 3 is 3.00 bits per heavy atom. The topological polar surface area (TPSA) is 72.1 Å². The molecule has 1 fully saturated rings. The number of halogens is 1. The number of rotatable bonds is 7. The third-order valence-electron chi connectivity index (χ3n) is 7.40. The summed E-state index contributed by atoms with van der Waals surface area (Å²) in [6.45, 7) is 2.74. The molecule has 188 valence electrons. The molecule has 2 aliphatic heterocycles. The first-order valence-corrected chi connectivity index (χ1v) is 12.6. The first kappa shape index (κ1) is 23.5. The summed E-state index contributed by atoms with van der Waals surface area (Å²) in [6.07, 6.45) is 5.85. The van der Waals surface area contributed by atoms with E-state index >= 15 is 0 Å². The molecule has 2 aromatic carbocycles. The zero-order chi connectivity index (χ0) is 25.4. The first-order valence-electron chi connectivity index (χ1n) is 12.6. The van der Waals surface area contributed by atoms with Crippen LogP contribution in [0.4, 0.5) is 4.39 Å². The number of piperidine rings is 1. The van der Waals surface area contributed by atoms with Crippen LogP contribution in [0.2, 0.25) is 0 Å². The fourth-order valence-corrected chi connectivity index (χ4v) is 5.52. The van der Waals surface area contributed by atoms with Crippen LogP contribution in [0.3, 0.4) is 0 Å². The molecule has 0 spiro atoms. The molecule has 0 saturated carbocycles. The van der Waals surface area contributed by atoms with Gasteiger partial charge in [-0.3, -0.25) is 14.7 Å². The number of carbonyl (C=O) groups is 1. The summed E-state index contributed by atoms with van der Waals surface area (Å²) in [7, 11) is 1.57. The maximum Gasteiger partial charge on any atom is 0.163 e. The number of hydrogen-bond donors (Lipinski definition) is 0. The Morgan fingerprint density at radius 1 is 1.19 bits per heavy atom. The molecule has 6 rings (SSSR count). The lowest BCUT2D eigenvalue weighted by atomic mass is 9.89. The van der Waals surface area contributed by atoms with Crippen LogP contribution in [-0.2, 0) is 13.1 Å². The van der Waals surface area contributed by atoms with E-state index in [4.69, 9.17) is 9.73 Å². The van der Waals surface area contributed by atoms with Gasteiger partial charge in [0, 0.05) is 48.0 Å². The van der Waals surface area contributed by atoms with Crippen molar-refractivity contribution in [1.82, 2.24) is 19.5 Å². The number of nitrogens with zero attached hydrogens (tertiary/aromatic N) is 5. The number of aromatic nitrogens is 3. The minimum absolute atomic E-state index is 0.136. The van der Waals surface area contributed by atoms with Gasteiger partial charge in [-0.05, 0) is 61.2 Å². The second kappa shape index (κ2) is 9.86. The fraction of sp³-hybridized carbons (Fsp3) is 0.310. The smallest absolute Gasteiger partial charge is 0.163 e. The maximum atomic E-state index is 14.5. The predicted molar refractivity (Wildman–Crippen MR) is 139 cm³/mol. The van der Waals surface area contributed by atoms with Crippen molar-refractivity contribution in [3.63, 3.8) is 0 Å². The lowest BCUT2D eigenvalue weighted by Crippen LogP contribution is -2.36. The minimum Gasteiger partial charge on any atom is -0.496 e. The van der Waals surface area contributed by atoms with Crippen LogP contribution in [0.15, 0.2) is 66.0 Å². The third kappa shape index (κ3) is 4.64. The van der Waals surface area contributed by atoms with E-state index in [1.165, 1.54) is 12.4 Å². The van der Waals surface area contributed by atoms with E-state index in [1.807, 2.05) is 36.5 Å². The highest BCUT2D eigenvalue weighted by molar-refractivity contribution is 6.16. The van der Waals surface area contributed by atoms with Crippen molar-refractivity contribution >= 4 is 17.1 Å². The van der Waals surface area contributed by atoms with Gasteiger partial charge in [0.15, 0.2) is 11.4 Å². The van der Waals surface area contributed by atoms with E-state index in [1.54, 1.807) is 23.8 Å². The molecule has 8 heteroatoms. The van der Waals surface area contributed by atoms with Gasteiger partial charge in [0.05, 0.1) is 19.4 Å². The van der Waals surface area contributed by atoms with Crippen LogP contribution in [0.5, 0.6) is 5.75 Å². The molecule has 4 heterocycles. The number of ether oxygens (including phenoxy) is 1. The number of Topliss-reactive ketones (excluding diaryl/α,β-unsaturated/α-hetero) is 1. The lowest BCUT2D eigenvalue weighted by Gasteiger charge is -2.33. The van der Waals surface area contributed by atoms with Gasteiger partial charge in [-0.2, -0.15) is 5.10 Å². The maximum absolute atomic E-state index is 14.5. The number of ketones is 1. The molecule has 0 radical (unpaired) electrons. The molecule has 37 heavy (non-hydrogen) atoms. The number of hydrogen-bond acceptors (Lipinski definition) is 6. The highest BCUT2D eigenvalue weighted by Gasteiger charge is 2.26. The van der Waals surface area contributed by atoms with Gasteiger partial charge in [-0.1, -0.05) is 18.2 Å². The van der Waals surface area contributed by atoms with Crippen LogP contribution < -0.4 is 4.74 Å². The molecule has 0 aliphatic carbocycles. The molecule has 2 aromatic heterocycles. The number of likely N-dealkylation sites (tertiary alicyclic amines) is 1. The molecule has 4 aromatic rings. The van der Waals surface area contributed by atoms with Crippen LogP contribution in [-0.4, -0.2) is 51.2 Å². The van der Waals surface area contributed by atoms with Gasteiger partial charge in [-0.15, -0.1) is 0 Å². The quantitative estimate of drug-likeness (QED) is 0.346. The molecule has 0 N–H and O–H groups in total. The largest absolute Gasteiger partial charge is 0.496 e. The first-order chi connectivity index (χ1) is 18.1. The van der Waals surface area contributed by atoms with Crippen molar-refractivity contribution in [2.75, 3.05) is 20.2 Å². The van der Waals surface area contributed by atoms with E-state index in [-0.39, 0.29) is 17.5 Å². The van der Waals surface area contributed by atoms with Crippen LogP contribution in [0.25, 0.3) is 5.65 Å². The average molecular weight is 498 g/mol. The summed E-state index contributed by atoms with van der Waals surface area (Å²) >= 11 is 0. The second-order valence-electron chi connectivity index (χ2n) is 9.81. The Morgan fingerprint density at radius 2 is 2.11 bits per heavy atom. The van der Waals surface area contributed by atoms with Gasteiger partial charge in [0.1, 0.15) is 17.9 Å². The number of carbonyl (C=O) groups excluding carboxylic acids is 1. The standard InChI is InChI=1S/C29H28FN5O2/c1-37-27-6-2-5-25(30)24(27)17-34-10-3-4-19(16-34)12-26(36)20-7-8-22-15-31-29(23(22)13-20)21-9-11-35-28(14-21)32-18-33-35/h2,5-9,11,13-14,18-19H,3-4,10,12,15-17H2,1H3/t19-/m0/s1. The van der Waals surface area contributed by atoms with Crippen molar-refractivity contribution in [1.29, 1.82) is 0 Å². The predicted octanol–water partition coefficient (Wildman–Crippen LogP) is 4.71. The molecule has 0 unspecified atom stereocenters. The summed E-state index contributed by atoms with van der Waals surface area (Å²) < 4.78 is 21.6. The number of fused-ring (bicyclic) bond motifs is 2. The van der Waals surface area contributed by atoms with Crippen molar-refractivity contribution in [3.05, 3.63) is 94.7 Å². The Bertz CT molecular complexity index is 1510. The van der Waals surface area contributed by atoms with Crippen LogP contribution >= 0.6 is 0 Å². The average Bonchev–Trinajstić information content (AvgIpc) is 3.56. The molecular formula is C29H28FN5O2. The monoisotopic (exact) mass is 497 g/mol. The Hall–Kier alpha value is -3.91. The van der Waals surface area contributed by atoms with Crippen molar-refractivity contribution in [2.45, 2.75) is 32.4 Å². The number of benzene rings is 2. The summed E-state index contributed by atoms with van der Waals surface area (Å²) in [5.41, 5.74) is 6.03. The lowest BCUT2D eigenvalue weighted by molar-refractivity contribution is 0.0911. The molecule has 0 amide bonds. The number of aliphatic imine (C=N–C) groups is 1. The van der Waals surface area contributed by atoms with Crippen molar-refractivity contribution in [2.24, 2.45) is 10.9 Å². The zero-order valence-corrected chi connectivity index (χ0v) is 20.7. The van der Waals surface area contributed by atoms with E-state index < -0.39 is 0 Å². The van der Waals surface area contributed by atoms with Gasteiger partial charge in [0.2, 0.25) is 0 Å². The fourth-order valence-electron chi connectivity index (χ4n) is 5.52. The normalized spacial score (nSPS) is 17.6.